The normalized spacial score (nSPS) is 22.1. The summed E-state index contributed by atoms with van der Waals surface area (Å²) in [5.74, 6) is 1.04. The maximum absolute atomic E-state index is 5.98. The summed E-state index contributed by atoms with van der Waals surface area (Å²) < 4.78 is 5.82. The van der Waals surface area contributed by atoms with Crippen molar-refractivity contribution in [2.24, 2.45) is 5.73 Å². The quantitative estimate of drug-likeness (QED) is 0.861. The van der Waals surface area contributed by atoms with Gasteiger partial charge < -0.3 is 10.2 Å². The topological polar surface area (TPSA) is 42.4 Å². The van der Waals surface area contributed by atoms with E-state index in [4.69, 9.17) is 10.2 Å². The maximum Gasteiger partial charge on any atom is 0.134 e. The van der Waals surface area contributed by atoms with E-state index >= 15 is 0 Å². The van der Waals surface area contributed by atoms with Crippen molar-refractivity contribution in [2.75, 3.05) is 13.1 Å². The summed E-state index contributed by atoms with van der Waals surface area (Å²) >= 11 is 0. The molecule has 1 saturated heterocycles. The summed E-state index contributed by atoms with van der Waals surface area (Å²) in [6.45, 7) is 2.99. The number of nitrogens with two attached hydrogens (primary N) is 1. The lowest BCUT2D eigenvalue weighted by Gasteiger charge is -2.29. The average Bonchev–Trinajstić information content (AvgIpc) is 2.71. The molecule has 1 aliphatic heterocycles. The van der Waals surface area contributed by atoms with Gasteiger partial charge in [-0.1, -0.05) is 18.2 Å². The van der Waals surface area contributed by atoms with Crippen molar-refractivity contribution in [2.45, 2.75) is 25.4 Å². The van der Waals surface area contributed by atoms with Gasteiger partial charge in [0.2, 0.25) is 0 Å². The number of benzene rings is 1. The molecule has 0 bridgehead atoms. The van der Waals surface area contributed by atoms with E-state index in [1.54, 1.807) is 0 Å². The van der Waals surface area contributed by atoms with Crippen LogP contribution in [0.2, 0.25) is 0 Å². The Kier molecular flexibility index (Phi) is 2.87. The van der Waals surface area contributed by atoms with E-state index in [0.717, 1.165) is 37.4 Å². The van der Waals surface area contributed by atoms with E-state index in [1.807, 2.05) is 18.2 Å². The lowest BCUT2D eigenvalue weighted by Crippen LogP contribution is -2.42. The molecule has 1 atom stereocenters. The van der Waals surface area contributed by atoms with Crippen LogP contribution in [0.5, 0.6) is 0 Å². The number of hydrogen-bond acceptors (Lipinski definition) is 3. The fourth-order valence-electron chi connectivity index (χ4n) is 2.57. The smallest absolute Gasteiger partial charge is 0.134 e. The first kappa shape index (κ1) is 10.8. The fraction of sp³-hybridized carbons (Fsp3) is 0.429. The molecule has 1 aliphatic rings. The van der Waals surface area contributed by atoms with Gasteiger partial charge in [0.25, 0.3) is 0 Å². The number of fused-ring (bicyclic) bond motifs is 1. The molecule has 1 aromatic heterocycles. The van der Waals surface area contributed by atoms with Gasteiger partial charge >= 0.3 is 0 Å². The second-order valence-electron chi connectivity index (χ2n) is 4.89. The Bertz CT molecular complexity index is 473. The summed E-state index contributed by atoms with van der Waals surface area (Å²) in [5.41, 5.74) is 6.96. The summed E-state index contributed by atoms with van der Waals surface area (Å²) in [6, 6.07) is 10.6. The number of furan rings is 1. The number of likely N-dealkylation sites (tertiary alicyclic amines) is 1. The Labute approximate surface area is 101 Å². The highest BCUT2D eigenvalue weighted by atomic mass is 16.3. The lowest BCUT2D eigenvalue weighted by molar-refractivity contribution is 0.189. The van der Waals surface area contributed by atoms with Gasteiger partial charge in [-0.2, -0.15) is 0 Å². The van der Waals surface area contributed by atoms with E-state index < -0.39 is 0 Å². The first-order chi connectivity index (χ1) is 8.31. The Morgan fingerprint density at radius 3 is 3.06 bits per heavy atom. The highest BCUT2D eigenvalue weighted by Crippen LogP contribution is 2.21. The Morgan fingerprint density at radius 2 is 2.24 bits per heavy atom. The van der Waals surface area contributed by atoms with Crippen LogP contribution in [0.3, 0.4) is 0 Å². The highest BCUT2D eigenvalue weighted by Gasteiger charge is 2.17. The third-order valence-electron chi connectivity index (χ3n) is 3.40. The standard InChI is InChI=1S/C14H18N2O/c15-12-5-3-7-16(9-12)10-13-8-11-4-1-2-6-14(11)17-13/h1-2,4,6,8,12H,3,5,7,9-10,15H2. The second-order valence-corrected chi connectivity index (χ2v) is 4.89. The molecule has 3 heteroatoms. The average molecular weight is 230 g/mol. The number of rotatable bonds is 2. The number of nitrogens with zero attached hydrogens (tertiary/aromatic N) is 1. The molecule has 1 aromatic carbocycles. The van der Waals surface area contributed by atoms with Crippen molar-refractivity contribution in [3.63, 3.8) is 0 Å². The van der Waals surface area contributed by atoms with Crippen LogP contribution < -0.4 is 5.73 Å². The van der Waals surface area contributed by atoms with Crippen molar-refractivity contribution in [1.29, 1.82) is 0 Å². The third-order valence-corrected chi connectivity index (χ3v) is 3.40. The molecule has 3 rings (SSSR count). The molecule has 90 valence electrons. The van der Waals surface area contributed by atoms with Crippen LogP contribution in [0.1, 0.15) is 18.6 Å². The molecule has 3 nitrogen and oxygen atoms in total. The first-order valence-electron chi connectivity index (χ1n) is 6.27. The fourth-order valence-corrected chi connectivity index (χ4v) is 2.57. The van der Waals surface area contributed by atoms with Gasteiger partial charge in [0.1, 0.15) is 11.3 Å². The molecule has 0 spiro atoms. The van der Waals surface area contributed by atoms with Crippen LogP contribution >= 0.6 is 0 Å². The van der Waals surface area contributed by atoms with Gasteiger partial charge in [0.15, 0.2) is 0 Å². The summed E-state index contributed by atoms with van der Waals surface area (Å²) in [7, 11) is 0. The molecule has 1 unspecified atom stereocenters. The van der Waals surface area contributed by atoms with Crippen molar-refractivity contribution in [1.82, 2.24) is 4.90 Å². The van der Waals surface area contributed by atoms with Crippen LogP contribution in [-0.4, -0.2) is 24.0 Å². The van der Waals surface area contributed by atoms with Crippen molar-refractivity contribution < 1.29 is 4.42 Å². The number of hydrogen-bond donors (Lipinski definition) is 1. The number of piperidine rings is 1. The van der Waals surface area contributed by atoms with Gasteiger partial charge in [-0.25, -0.2) is 0 Å². The largest absolute Gasteiger partial charge is 0.460 e. The summed E-state index contributed by atoms with van der Waals surface area (Å²) in [6.07, 6.45) is 2.35. The van der Waals surface area contributed by atoms with Gasteiger partial charge in [-0.3, -0.25) is 4.90 Å². The van der Waals surface area contributed by atoms with Crippen LogP contribution in [-0.2, 0) is 6.54 Å². The van der Waals surface area contributed by atoms with Gasteiger partial charge in [0, 0.05) is 18.0 Å². The molecule has 1 fully saturated rings. The molecule has 0 saturated carbocycles. The predicted molar refractivity (Wildman–Crippen MR) is 68.7 cm³/mol. The zero-order chi connectivity index (χ0) is 11.7. The molecular formula is C14H18N2O. The zero-order valence-corrected chi connectivity index (χ0v) is 9.93. The van der Waals surface area contributed by atoms with Crippen LogP contribution in [0.4, 0.5) is 0 Å². The first-order valence-corrected chi connectivity index (χ1v) is 6.27. The van der Waals surface area contributed by atoms with Gasteiger partial charge in [-0.15, -0.1) is 0 Å². The second kappa shape index (κ2) is 4.51. The van der Waals surface area contributed by atoms with E-state index in [2.05, 4.69) is 17.0 Å². The van der Waals surface area contributed by atoms with Gasteiger partial charge in [-0.05, 0) is 31.5 Å². The predicted octanol–water partition coefficient (Wildman–Crippen LogP) is 2.36. The van der Waals surface area contributed by atoms with E-state index in [1.165, 1.54) is 11.8 Å². The monoisotopic (exact) mass is 230 g/mol. The van der Waals surface area contributed by atoms with Crippen LogP contribution in [0, 0.1) is 0 Å². The minimum Gasteiger partial charge on any atom is -0.460 e. The van der Waals surface area contributed by atoms with E-state index in [-0.39, 0.29) is 0 Å². The van der Waals surface area contributed by atoms with E-state index in [9.17, 15) is 0 Å². The van der Waals surface area contributed by atoms with Crippen molar-refractivity contribution in [3.05, 3.63) is 36.1 Å². The molecule has 2 N–H and O–H groups in total. The zero-order valence-electron chi connectivity index (χ0n) is 9.93. The van der Waals surface area contributed by atoms with Crippen LogP contribution in [0.25, 0.3) is 11.0 Å². The molecule has 0 amide bonds. The molecule has 17 heavy (non-hydrogen) atoms. The van der Waals surface area contributed by atoms with E-state index in [0.29, 0.717) is 6.04 Å². The maximum atomic E-state index is 5.98. The molecule has 0 radical (unpaired) electrons. The Balaban J connectivity index is 1.75. The minimum atomic E-state index is 0.327. The van der Waals surface area contributed by atoms with Crippen LogP contribution in [0.15, 0.2) is 34.7 Å². The minimum absolute atomic E-state index is 0.327. The van der Waals surface area contributed by atoms with Crippen molar-refractivity contribution in [3.8, 4) is 0 Å². The Morgan fingerprint density at radius 1 is 1.35 bits per heavy atom. The third kappa shape index (κ3) is 2.35. The highest BCUT2D eigenvalue weighted by molar-refractivity contribution is 5.77. The van der Waals surface area contributed by atoms with Gasteiger partial charge in [0.05, 0.1) is 6.54 Å². The van der Waals surface area contributed by atoms with Crippen molar-refractivity contribution >= 4 is 11.0 Å². The summed E-state index contributed by atoms with van der Waals surface area (Å²) in [4.78, 5) is 2.38. The molecule has 0 aliphatic carbocycles. The SMILES string of the molecule is NC1CCCN(Cc2cc3ccccc3o2)C1. The number of para-hydroxylation sites is 1. The Hall–Kier alpha value is -1.32. The lowest BCUT2D eigenvalue weighted by atomic mass is 10.1. The summed E-state index contributed by atoms with van der Waals surface area (Å²) in [5, 5.41) is 1.18. The molecule has 2 heterocycles. The molecule has 2 aromatic rings. The molecular weight excluding hydrogens is 212 g/mol.